The normalized spacial score (nSPS) is 19.2. The zero-order valence-electron chi connectivity index (χ0n) is 13.7. The summed E-state index contributed by atoms with van der Waals surface area (Å²) in [4.78, 5) is 13.5. The number of carbonyl (C=O) groups excluding carboxylic acids is 1. The predicted octanol–water partition coefficient (Wildman–Crippen LogP) is 2.48. The van der Waals surface area contributed by atoms with Crippen molar-refractivity contribution in [3.8, 4) is 0 Å². The van der Waals surface area contributed by atoms with Gasteiger partial charge in [0.05, 0.1) is 0 Å². The second-order valence-corrected chi connectivity index (χ2v) is 9.08. The molecule has 2 heterocycles. The van der Waals surface area contributed by atoms with Gasteiger partial charge in [-0.3, -0.25) is 4.79 Å². The van der Waals surface area contributed by atoms with Crippen LogP contribution in [0.2, 0.25) is 0 Å². The van der Waals surface area contributed by atoms with Crippen LogP contribution in [-0.4, -0.2) is 31.7 Å². The SMILES string of the molecule is CCc1ccc(S(=O)(=O)N2CCNC(=O)C2c2cccc(C)c2)s1. The zero-order chi connectivity index (χ0) is 17.3. The van der Waals surface area contributed by atoms with Crippen molar-refractivity contribution in [2.24, 2.45) is 0 Å². The number of aryl methyl sites for hydroxylation is 2. The summed E-state index contributed by atoms with van der Waals surface area (Å²) in [6.45, 7) is 4.51. The van der Waals surface area contributed by atoms with Gasteiger partial charge in [0.25, 0.3) is 10.0 Å². The van der Waals surface area contributed by atoms with Crippen molar-refractivity contribution in [1.29, 1.82) is 0 Å². The summed E-state index contributed by atoms with van der Waals surface area (Å²) in [5, 5.41) is 2.78. The number of piperazine rings is 1. The maximum atomic E-state index is 13.1. The quantitative estimate of drug-likeness (QED) is 0.906. The Labute approximate surface area is 146 Å². The van der Waals surface area contributed by atoms with Gasteiger partial charge in [0.2, 0.25) is 5.91 Å². The molecule has 1 aromatic carbocycles. The molecule has 1 unspecified atom stereocenters. The first-order chi connectivity index (χ1) is 11.4. The molecule has 0 bridgehead atoms. The highest BCUT2D eigenvalue weighted by atomic mass is 32.2. The summed E-state index contributed by atoms with van der Waals surface area (Å²) < 4.78 is 27.8. The van der Waals surface area contributed by atoms with Crippen LogP contribution < -0.4 is 5.32 Å². The molecule has 0 aliphatic carbocycles. The predicted molar refractivity (Wildman–Crippen MR) is 94.5 cm³/mol. The monoisotopic (exact) mass is 364 g/mol. The standard InChI is InChI=1S/C17H20N2O3S2/c1-3-14-7-8-15(23-14)24(21,22)19-10-9-18-17(20)16(19)13-6-4-5-12(2)11-13/h4-8,11,16H,3,9-10H2,1-2H3,(H,18,20). The van der Waals surface area contributed by atoms with E-state index < -0.39 is 16.1 Å². The van der Waals surface area contributed by atoms with E-state index in [0.29, 0.717) is 16.3 Å². The van der Waals surface area contributed by atoms with Crippen molar-refractivity contribution in [3.05, 3.63) is 52.4 Å². The molecule has 1 aliphatic rings. The molecule has 1 aromatic heterocycles. The van der Waals surface area contributed by atoms with Crippen LogP contribution >= 0.6 is 11.3 Å². The number of benzene rings is 1. The lowest BCUT2D eigenvalue weighted by Gasteiger charge is -2.34. The minimum Gasteiger partial charge on any atom is -0.353 e. The maximum absolute atomic E-state index is 13.1. The number of amides is 1. The zero-order valence-corrected chi connectivity index (χ0v) is 15.3. The van der Waals surface area contributed by atoms with Crippen molar-refractivity contribution >= 4 is 27.3 Å². The van der Waals surface area contributed by atoms with Gasteiger partial charge < -0.3 is 5.32 Å². The third kappa shape index (κ3) is 3.11. The Bertz CT molecular complexity index is 858. The van der Waals surface area contributed by atoms with Gasteiger partial charge in [0.1, 0.15) is 10.3 Å². The summed E-state index contributed by atoms with van der Waals surface area (Å²) in [7, 11) is -3.70. The van der Waals surface area contributed by atoms with Crippen LogP contribution in [0.3, 0.4) is 0 Å². The first-order valence-corrected chi connectivity index (χ1v) is 10.1. The van der Waals surface area contributed by atoms with Crippen molar-refractivity contribution in [3.63, 3.8) is 0 Å². The van der Waals surface area contributed by atoms with Gasteiger partial charge in [-0.05, 0) is 31.0 Å². The topological polar surface area (TPSA) is 66.5 Å². The fourth-order valence-electron chi connectivity index (χ4n) is 2.87. The molecule has 0 spiro atoms. The van der Waals surface area contributed by atoms with E-state index in [4.69, 9.17) is 0 Å². The third-order valence-electron chi connectivity index (χ3n) is 4.07. The molecule has 5 nitrogen and oxygen atoms in total. The van der Waals surface area contributed by atoms with Gasteiger partial charge in [0.15, 0.2) is 0 Å². The summed E-state index contributed by atoms with van der Waals surface area (Å²) in [6.07, 6.45) is 0.794. The van der Waals surface area contributed by atoms with Crippen LogP contribution in [0, 0.1) is 6.92 Å². The number of sulfonamides is 1. The van der Waals surface area contributed by atoms with Crippen molar-refractivity contribution in [2.75, 3.05) is 13.1 Å². The minimum atomic E-state index is -3.70. The number of carbonyl (C=O) groups is 1. The molecule has 128 valence electrons. The molecular weight excluding hydrogens is 344 g/mol. The third-order valence-corrected chi connectivity index (χ3v) is 7.64. The maximum Gasteiger partial charge on any atom is 0.253 e. The Balaban J connectivity index is 2.04. The Morgan fingerprint density at radius 3 is 2.75 bits per heavy atom. The molecule has 1 atom stereocenters. The lowest BCUT2D eigenvalue weighted by atomic mass is 10.0. The van der Waals surface area contributed by atoms with E-state index in [1.165, 1.54) is 15.6 Å². The first-order valence-electron chi connectivity index (χ1n) is 7.88. The molecule has 1 amide bonds. The van der Waals surface area contributed by atoms with E-state index in [2.05, 4.69) is 5.32 Å². The minimum absolute atomic E-state index is 0.270. The molecule has 0 saturated carbocycles. The Morgan fingerprint density at radius 2 is 2.08 bits per heavy atom. The second kappa shape index (κ2) is 6.66. The van der Waals surface area contributed by atoms with Gasteiger partial charge in [-0.25, -0.2) is 8.42 Å². The summed E-state index contributed by atoms with van der Waals surface area (Å²) in [5.41, 5.74) is 1.69. The Hall–Kier alpha value is -1.70. The molecule has 0 radical (unpaired) electrons. The highest BCUT2D eigenvalue weighted by Gasteiger charge is 2.40. The Morgan fingerprint density at radius 1 is 1.29 bits per heavy atom. The highest BCUT2D eigenvalue weighted by Crippen LogP contribution is 2.33. The lowest BCUT2D eigenvalue weighted by Crippen LogP contribution is -2.51. The molecular formula is C17H20N2O3S2. The molecule has 1 aliphatic heterocycles. The van der Waals surface area contributed by atoms with Crippen molar-refractivity contribution in [1.82, 2.24) is 9.62 Å². The van der Waals surface area contributed by atoms with Gasteiger partial charge >= 0.3 is 0 Å². The summed E-state index contributed by atoms with van der Waals surface area (Å²) in [5.74, 6) is -0.275. The average molecular weight is 364 g/mol. The van der Waals surface area contributed by atoms with Gasteiger partial charge in [0, 0.05) is 18.0 Å². The number of nitrogens with one attached hydrogen (secondary N) is 1. The molecule has 2 aromatic rings. The molecule has 24 heavy (non-hydrogen) atoms. The van der Waals surface area contributed by atoms with Crippen LogP contribution in [0.5, 0.6) is 0 Å². The van der Waals surface area contributed by atoms with E-state index in [0.717, 1.165) is 16.9 Å². The molecule has 1 saturated heterocycles. The number of nitrogens with zero attached hydrogens (tertiary/aromatic N) is 1. The van der Waals surface area contributed by atoms with Crippen LogP contribution in [0.1, 0.15) is 29.0 Å². The number of rotatable bonds is 4. The van der Waals surface area contributed by atoms with E-state index in [1.807, 2.05) is 38.1 Å². The van der Waals surface area contributed by atoms with Crippen LogP contribution in [0.15, 0.2) is 40.6 Å². The summed E-state index contributed by atoms with van der Waals surface area (Å²) >= 11 is 1.27. The van der Waals surface area contributed by atoms with Crippen LogP contribution in [-0.2, 0) is 21.2 Å². The fourth-order valence-corrected chi connectivity index (χ4v) is 5.87. The molecule has 1 N–H and O–H groups in total. The smallest absolute Gasteiger partial charge is 0.253 e. The number of hydrogen-bond acceptors (Lipinski definition) is 4. The van der Waals surface area contributed by atoms with Crippen molar-refractivity contribution in [2.45, 2.75) is 30.5 Å². The van der Waals surface area contributed by atoms with E-state index >= 15 is 0 Å². The largest absolute Gasteiger partial charge is 0.353 e. The van der Waals surface area contributed by atoms with E-state index in [1.54, 1.807) is 12.1 Å². The number of thiophene rings is 1. The fraction of sp³-hybridized carbons (Fsp3) is 0.353. The lowest BCUT2D eigenvalue weighted by molar-refractivity contribution is -0.126. The van der Waals surface area contributed by atoms with Gasteiger partial charge in [-0.1, -0.05) is 36.8 Å². The van der Waals surface area contributed by atoms with Gasteiger partial charge in [-0.15, -0.1) is 11.3 Å². The van der Waals surface area contributed by atoms with Gasteiger partial charge in [-0.2, -0.15) is 4.31 Å². The van der Waals surface area contributed by atoms with E-state index in [9.17, 15) is 13.2 Å². The molecule has 1 fully saturated rings. The average Bonchev–Trinajstić information content (AvgIpc) is 3.04. The summed E-state index contributed by atoms with van der Waals surface area (Å²) in [6, 6.07) is 10.1. The van der Waals surface area contributed by atoms with E-state index in [-0.39, 0.29) is 12.5 Å². The molecule has 3 rings (SSSR count). The van der Waals surface area contributed by atoms with Crippen LogP contribution in [0.25, 0.3) is 0 Å². The Kier molecular flexibility index (Phi) is 4.76. The second-order valence-electron chi connectivity index (χ2n) is 5.80. The van der Waals surface area contributed by atoms with Crippen molar-refractivity contribution < 1.29 is 13.2 Å². The molecule has 7 heteroatoms. The number of hydrogen-bond donors (Lipinski definition) is 1. The first kappa shape index (κ1) is 17.1. The highest BCUT2D eigenvalue weighted by molar-refractivity contribution is 7.91. The van der Waals surface area contributed by atoms with Crippen LogP contribution in [0.4, 0.5) is 0 Å².